The molecule has 1 amide bonds. The van der Waals surface area contributed by atoms with E-state index in [4.69, 9.17) is 16.3 Å². The molecule has 23 heavy (non-hydrogen) atoms. The number of hydrogen-bond donors (Lipinski definition) is 1. The molecular weight excluding hydrogens is 314 g/mol. The zero-order chi connectivity index (χ0) is 16.2. The molecule has 126 valence electrons. The van der Waals surface area contributed by atoms with Gasteiger partial charge in [-0.15, -0.1) is 0 Å². The maximum Gasteiger partial charge on any atom is 0.225 e. The Labute approximate surface area is 142 Å². The standard InChI is InChI=1S/C18H24ClNO3/c19-15-5-3-13(4-6-15)18(22)14-7-9-20(10-8-14)17(21)12-16-2-1-11-23-16/h3-6,14,16,18,22H,1-2,7-12H2. The summed E-state index contributed by atoms with van der Waals surface area (Å²) < 4.78 is 5.54. The summed E-state index contributed by atoms with van der Waals surface area (Å²) in [6.45, 7) is 2.23. The van der Waals surface area contributed by atoms with Crippen molar-refractivity contribution < 1.29 is 14.6 Å². The van der Waals surface area contributed by atoms with Crippen LogP contribution in [0.25, 0.3) is 0 Å². The van der Waals surface area contributed by atoms with Crippen LogP contribution >= 0.6 is 11.6 Å². The first kappa shape index (κ1) is 16.7. The predicted octanol–water partition coefficient (Wildman–Crippen LogP) is 3.18. The molecule has 2 heterocycles. The second kappa shape index (κ2) is 7.65. The quantitative estimate of drug-likeness (QED) is 0.918. The van der Waals surface area contributed by atoms with Crippen LogP contribution in [-0.4, -0.2) is 41.7 Å². The second-order valence-corrected chi connectivity index (χ2v) is 6.99. The van der Waals surface area contributed by atoms with Crippen molar-refractivity contribution in [2.24, 2.45) is 5.92 Å². The lowest BCUT2D eigenvalue weighted by molar-refractivity contribution is -0.135. The highest BCUT2D eigenvalue weighted by atomic mass is 35.5. The van der Waals surface area contributed by atoms with Gasteiger partial charge in [-0.25, -0.2) is 0 Å². The van der Waals surface area contributed by atoms with Gasteiger partial charge in [0, 0.05) is 24.7 Å². The van der Waals surface area contributed by atoms with Gasteiger partial charge in [-0.3, -0.25) is 4.79 Å². The molecule has 0 bridgehead atoms. The summed E-state index contributed by atoms with van der Waals surface area (Å²) in [7, 11) is 0. The summed E-state index contributed by atoms with van der Waals surface area (Å²) in [4.78, 5) is 14.2. The molecule has 4 nitrogen and oxygen atoms in total. The lowest BCUT2D eigenvalue weighted by atomic mass is 9.87. The van der Waals surface area contributed by atoms with E-state index in [9.17, 15) is 9.90 Å². The Balaban J connectivity index is 1.49. The van der Waals surface area contributed by atoms with Gasteiger partial charge in [0.1, 0.15) is 0 Å². The van der Waals surface area contributed by atoms with E-state index in [1.54, 1.807) is 12.1 Å². The predicted molar refractivity (Wildman–Crippen MR) is 89.3 cm³/mol. The van der Waals surface area contributed by atoms with Gasteiger partial charge in [0.05, 0.1) is 18.6 Å². The van der Waals surface area contributed by atoms with E-state index in [1.807, 2.05) is 17.0 Å². The van der Waals surface area contributed by atoms with E-state index >= 15 is 0 Å². The average molecular weight is 338 g/mol. The smallest absolute Gasteiger partial charge is 0.225 e. The average Bonchev–Trinajstić information content (AvgIpc) is 3.08. The lowest BCUT2D eigenvalue weighted by Crippen LogP contribution is -2.40. The van der Waals surface area contributed by atoms with Crippen LogP contribution in [0.3, 0.4) is 0 Å². The molecule has 2 fully saturated rings. The normalized spacial score (nSPS) is 23.9. The van der Waals surface area contributed by atoms with Crippen molar-refractivity contribution in [1.29, 1.82) is 0 Å². The fourth-order valence-electron chi connectivity index (χ4n) is 3.53. The van der Waals surface area contributed by atoms with Crippen molar-refractivity contribution in [2.45, 2.75) is 44.3 Å². The van der Waals surface area contributed by atoms with Crippen LogP contribution in [0.2, 0.25) is 5.02 Å². The Morgan fingerprint density at radius 3 is 2.57 bits per heavy atom. The number of likely N-dealkylation sites (tertiary alicyclic amines) is 1. The van der Waals surface area contributed by atoms with Crippen LogP contribution in [-0.2, 0) is 9.53 Å². The molecule has 2 saturated heterocycles. The number of aliphatic hydroxyl groups excluding tert-OH is 1. The minimum Gasteiger partial charge on any atom is -0.388 e. The number of aliphatic hydroxyl groups is 1. The van der Waals surface area contributed by atoms with E-state index < -0.39 is 6.10 Å². The van der Waals surface area contributed by atoms with Crippen LogP contribution in [0.15, 0.2) is 24.3 Å². The molecule has 2 unspecified atom stereocenters. The van der Waals surface area contributed by atoms with Gasteiger partial charge in [-0.1, -0.05) is 23.7 Å². The van der Waals surface area contributed by atoms with Crippen molar-refractivity contribution in [2.75, 3.05) is 19.7 Å². The summed E-state index contributed by atoms with van der Waals surface area (Å²) in [5, 5.41) is 11.2. The van der Waals surface area contributed by atoms with Crippen LogP contribution in [0.1, 0.15) is 43.8 Å². The molecule has 0 radical (unpaired) electrons. The first-order valence-electron chi connectivity index (χ1n) is 8.46. The number of piperidine rings is 1. The minimum absolute atomic E-state index is 0.111. The molecule has 0 saturated carbocycles. The third kappa shape index (κ3) is 4.25. The Kier molecular flexibility index (Phi) is 5.57. The number of carbonyl (C=O) groups excluding carboxylic acids is 1. The fraction of sp³-hybridized carbons (Fsp3) is 0.611. The van der Waals surface area contributed by atoms with Crippen LogP contribution in [0, 0.1) is 5.92 Å². The zero-order valence-corrected chi connectivity index (χ0v) is 14.0. The summed E-state index contributed by atoms with van der Waals surface area (Å²) in [5.74, 6) is 0.388. The number of rotatable bonds is 4. The molecule has 1 N–H and O–H groups in total. The summed E-state index contributed by atoms with van der Waals surface area (Å²) in [6, 6.07) is 7.37. The first-order chi connectivity index (χ1) is 11.1. The van der Waals surface area contributed by atoms with E-state index in [1.165, 1.54) is 0 Å². The Morgan fingerprint density at radius 2 is 1.96 bits per heavy atom. The van der Waals surface area contributed by atoms with Gasteiger partial charge < -0.3 is 14.7 Å². The highest BCUT2D eigenvalue weighted by Crippen LogP contribution is 2.31. The highest BCUT2D eigenvalue weighted by molar-refractivity contribution is 6.30. The van der Waals surface area contributed by atoms with E-state index in [0.29, 0.717) is 11.4 Å². The number of ether oxygens (including phenoxy) is 1. The fourth-order valence-corrected chi connectivity index (χ4v) is 3.65. The molecule has 2 atom stereocenters. The van der Waals surface area contributed by atoms with Gasteiger partial charge in [-0.05, 0) is 49.3 Å². The molecule has 3 rings (SSSR count). The van der Waals surface area contributed by atoms with Crippen molar-refractivity contribution in [3.05, 3.63) is 34.9 Å². The number of halogens is 1. The molecule has 0 aromatic heterocycles. The maximum atomic E-state index is 12.3. The molecule has 0 aliphatic carbocycles. The van der Waals surface area contributed by atoms with Crippen LogP contribution in [0.4, 0.5) is 0 Å². The molecule has 1 aromatic carbocycles. The number of nitrogens with zero attached hydrogens (tertiary/aromatic N) is 1. The number of hydrogen-bond acceptors (Lipinski definition) is 3. The largest absolute Gasteiger partial charge is 0.388 e. The minimum atomic E-state index is -0.484. The van der Waals surface area contributed by atoms with Crippen molar-refractivity contribution >= 4 is 17.5 Å². The number of carbonyl (C=O) groups is 1. The second-order valence-electron chi connectivity index (χ2n) is 6.55. The first-order valence-corrected chi connectivity index (χ1v) is 8.84. The van der Waals surface area contributed by atoms with Crippen molar-refractivity contribution in [3.8, 4) is 0 Å². The summed E-state index contributed by atoms with van der Waals surface area (Å²) >= 11 is 5.89. The van der Waals surface area contributed by atoms with Gasteiger partial charge in [0.25, 0.3) is 0 Å². The van der Waals surface area contributed by atoms with Crippen LogP contribution in [0.5, 0.6) is 0 Å². The van der Waals surface area contributed by atoms with E-state index in [0.717, 1.165) is 50.9 Å². The van der Waals surface area contributed by atoms with E-state index in [-0.39, 0.29) is 17.9 Å². The SMILES string of the molecule is O=C(CC1CCCO1)N1CCC(C(O)c2ccc(Cl)cc2)CC1. The number of benzene rings is 1. The maximum absolute atomic E-state index is 12.3. The third-order valence-corrected chi connectivity index (χ3v) is 5.23. The summed E-state index contributed by atoms with van der Waals surface area (Å²) in [5.41, 5.74) is 0.901. The van der Waals surface area contributed by atoms with Gasteiger partial charge in [0.15, 0.2) is 0 Å². The molecule has 1 aromatic rings. The third-order valence-electron chi connectivity index (χ3n) is 4.98. The highest BCUT2D eigenvalue weighted by Gasteiger charge is 2.29. The molecular formula is C18H24ClNO3. The van der Waals surface area contributed by atoms with Gasteiger partial charge >= 0.3 is 0 Å². The van der Waals surface area contributed by atoms with Gasteiger partial charge in [0.2, 0.25) is 5.91 Å². The van der Waals surface area contributed by atoms with E-state index in [2.05, 4.69) is 0 Å². The van der Waals surface area contributed by atoms with Crippen molar-refractivity contribution in [3.63, 3.8) is 0 Å². The summed E-state index contributed by atoms with van der Waals surface area (Å²) in [6.07, 6.45) is 3.86. The van der Waals surface area contributed by atoms with Crippen LogP contribution < -0.4 is 0 Å². The zero-order valence-electron chi connectivity index (χ0n) is 13.3. The molecule has 2 aliphatic rings. The topological polar surface area (TPSA) is 49.8 Å². The van der Waals surface area contributed by atoms with Crippen molar-refractivity contribution in [1.82, 2.24) is 4.90 Å². The Morgan fingerprint density at radius 1 is 1.26 bits per heavy atom. The number of amides is 1. The molecule has 5 heteroatoms. The molecule has 2 aliphatic heterocycles. The monoisotopic (exact) mass is 337 g/mol. The molecule has 0 spiro atoms. The Bertz CT molecular complexity index is 520. The van der Waals surface area contributed by atoms with Gasteiger partial charge in [-0.2, -0.15) is 0 Å². The Hall–Kier alpha value is -1.10. The lowest BCUT2D eigenvalue weighted by Gasteiger charge is -2.34.